The Morgan fingerprint density at radius 1 is 1.35 bits per heavy atom. The fraction of sp³-hybridized carbons (Fsp3) is 0.526. The zero-order chi connectivity index (χ0) is 16.7. The number of carbonyl (C=O) groups is 1. The van der Waals surface area contributed by atoms with Gasteiger partial charge in [0.05, 0.1) is 0 Å². The molecule has 1 heterocycles. The number of aryl methyl sites for hydroxylation is 1. The first-order valence-electron chi connectivity index (χ1n) is 8.47. The molecule has 1 aromatic carbocycles. The number of aromatic amines is 1. The van der Waals surface area contributed by atoms with Crippen LogP contribution < -0.4 is 11.1 Å². The van der Waals surface area contributed by atoms with Gasteiger partial charge in [-0.15, -0.1) is 0 Å². The summed E-state index contributed by atoms with van der Waals surface area (Å²) in [5.74, 6) is -0.00399. The average molecular weight is 313 g/mol. The highest BCUT2D eigenvalue weighted by Gasteiger charge is 2.51. The van der Waals surface area contributed by atoms with Gasteiger partial charge in [-0.25, -0.2) is 0 Å². The Labute approximate surface area is 137 Å². The smallest absolute Gasteiger partial charge is 0.240 e. The summed E-state index contributed by atoms with van der Waals surface area (Å²) < 4.78 is 0. The predicted molar refractivity (Wildman–Crippen MR) is 94.3 cm³/mol. The van der Waals surface area contributed by atoms with Gasteiger partial charge in [0.2, 0.25) is 5.91 Å². The number of rotatable bonds is 4. The minimum absolute atomic E-state index is 0.00399. The molecule has 4 nitrogen and oxygen atoms in total. The number of hydrogen-bond acceptors (Lipinski definition) is 2. The lowest BCUT2D eigenvalue weighted by atomic mass is 9.75. The van der Waals surface area contributed by atoms with Gasteiger partial charge >= 0.3 is 0 Å². The lowest BCUT2D eigenvalue weighted by Gasteiger charge is -2.36. The molecular formula is C19H27N3O. The van der Waals surface area contributed by atoms with E-state index in [1.807, 2.05) is 6.20 Å². The summed E-state index contributed by atoms with van der Waals surface area (Å²) in [6.07, 6.45) is 5.66. The second-order valence-electron chi connectivity index (χ2n) is 7.58. The number of benzene rings is 1. The summed E-state index contributed by atoms with van der Waals surface area (Å²) in [7, 11) is 0. The fourth-order valence-electron chi connectivity index (χ4n) is 3.77. The maximum Gasteiger partial charge on any atom is 0.240 e. The van der Waals surface area contributed by atoms with Crippen LogP contribution in [0.4, 0.5) is 0 Å². The van der Waals surface area contributed by atoms with Crippen LogP contribution in [0, 0.1) is 12.3 Å². The molecular weight excluding hydrogens is 286 g/mol. The van der Waals surface area contributed by atoms with Crippen molar-refractivity contribution in [1.29, 1.82) is 0 Å². The van der Waals surface area contributed by atoms with Gasteiger partial charge in [-0.2, -0.15) is 0 Å². The van der Waals surface area contributed by atoms with Crippen molar-refractivity contribution >= 4 is 16.8 Å². The van der Waals surface area contributed by atoms with Gasteiger partial charge in [0.15, 0.2) is 0 Å². The minimum atomic E-state index is -0.732. The SMILES string of the molecule is Cc1ccc2c(CCNC(=O)C3(N)CCCC3(C)C)c[nH]c2c1. The largest absolute Gasteiger partial charge is 0.361 e. The summed E-state index contributed by atoms with van der Waals surface area (Å²) in [6.45, 7) is 6.90. The zero-order valence-electron chi connectivity index (χ0n) is 14.3. The molecule has 4 N–H and O–H groups in total. The third-order valence-electron chi connectivity index (χ3n) is 5.59. The van der Waals surface area contributed by atoms with E-state index >= 15 is 0 Å². The average Bonchev–Trinajstić information content (AvgIpc) is 3.00. The van der Waals surface area contributed by atoms with E-state index in [-0.39, 0.29) is 11.3 Å². The number of nitrogens with one attached hydrogen (secondary N) is 2. The van der Waals surface area contributed by atoms with Crippen molar-refractivity contribution < 1.29 is 4.79 Å². The summed E-state index contributed by atoms with van der Waals surface area (Å²) in [5, 5.41) is 4.29. The summed E-state index contributed by atoms with van der Waals surface area (Å²) in [4.78, 5) is 15.9. The van der Waals surface area contributed by atoms with E-state index < -0.39 is 5.54 Å². The van der Waals surface area contributed by atoms with Crippen LogP contribution in [0.1, 0.15) is 44.2 Å². The van der Waals surface area contributed by atoms with Crippen molar-refractivity contribution in [3.05, 3.63) is 35.5 Å². The Kier molecular flexibility index (Phi) is 3.96. The molecule has 1 unspecified atom stereocenters. The van der Waals surface area contributed by atoms with Crippen LogP contribution in [0.15, 0.2) is 24.4 Å². The van der Waals surface area contributed by atoms with Crippen LogP contribution in [-0.2, 0) is 11.2 Å². The van der Waals surface area contributed by atoms with Crippen LogP contribution in [0.3, 0.4) is 0 Å². The zero-order valence-corrected chi connectivity index (χ0v) is 14.3. The van der Waals surface area contributed by atoms with E-state index in [2.05, 4.69) is 49.3 Å². The molecule has 1 amide bonds. The molecule has 4 heteroatoms. The summed E-state index contributed by atoms with van der Waals surface area (Å²) >= 11 is 0. The van der Waals surface area contributed by atoms with Gasteiger partial charge in [-0.05, 0) is 48.8 Å². The summed E-state index contributed by atoms with van der Waals surface area (Å²) in [6, 6.07) is 6.41. The van der Waals surface area contributed by atoms with E-state index in [1.54, 1.807) is 0 Å². The first kappa shape index (κ1) is 16.1. The lowest BCUT2D eigenvalue weighted by Crippen LogP contribution is -2.60. The molecule has 2 aromatic rings. The fourth-order valence-corrected chi connectivity index (χ4v) is 3.77. The van der Waals surface area contributed by atoms with Gasteiger partial charge < -0.3 is 16.0 Å². The van der Waals surface area contributed by atoms with E-state index in [0.717, 1.165) is 31.2 Å². The molecule has 1 fully saturated rings. The Balaban J connectivity index is 1.64. The molecule has 1 aliphatic carbocycles. The molecule has 1 aromatic heterocycles. The van der Waals surface area contributed by atoms with Gasteiger partial charge in [0, 0.05) is 23.6 Å². The number of carbonyl (C=O) groups excluding carboxylic acids is 1. The minimum Gasteiger partial charge on any atom is -0.361 e. The van der Waals surface area contributed by atoms with Gasteiger partial charge in [0.25, 0.3) is 0 Å². The molecule has 1 aliphatic rings. The van der Waals surface area contributed by atoms with Crippen LogP contribution in [0.25, 0.3) is 10.9 Å². The highest BCUT2D eigenvalue weighted by Crippen LogP contribution is 2.44. The number of hydrogen-bond donors (Lipinski definition) is 3. The molecule has 1 atom stereocenters. The van der Waals surface area contributed by atoms with Crippen molar-refractivity contribution in [3.8, 4) is 0 Å². The van der Waals surface area contributed by atoms with Gasteiger partial charge in [-0.1, -0.05) is 32.4 Å². The van der Waals surface area contributed by atoms with Crippen molar-refractivity contribution in [1.82, 2.24) is 10.3 Å². The second kappa shape index (κ2) is 5.68. The van der Waals surface area contributed by atoms with Gasteiger partial charge in [-0.3, -0.25) is 4.79 Å². The first-order valence-corrected chi connectivity index (χ1v) is 8.47. The number of aromatic nitrogens is 1. The quantitative estimate of drug-likeness (QED) is 0.812. The monoisotopic (exact) mass is 313 g/mol. The molecule has 1 saturated carbocycles. The maximum absolute atomic E-state index is 12.6. The third-order valence-corrected chi connectivity index (χ3v) is 5.59. The van der Waals surface area contributed by atoms with E-state index in [0.29, 0.717) is 6.54 Å². The van der Waals surface area contributed by atoms with Crippen molar-refractivity contribution in [2.75, 3.05) is 6.54 Å². The second-order valence-corrected chi connectivity index (χ2v) is 7.58. The van der Waals surface area contributed by atoms with Crippen LogP contribution >= 0.6 is 0 Å². The lowest BCUT2D eigenvalue weighted by molar-refractivity contribution is -0.129. The standard InChI is InChI=1S/C19H27N3O/c1-13-5-6-15-14(12-22-16(15)11-13)7-10-21-17(23)19(20)9-4-8-18(19,2)3/h5-6,11-12,22H,4,7-10,20H2,1-3H3,(H,21,23). The number of H-pyrrole nitrogens is 1. The van der Waals surface area contributed by atoms with Crippen molar-refractivity contribution in [3.63, 3.8) is 0 Å². The Bertz CT molecular complexity index is 731. The Hall–Kier alpha value is -1.81. The molecule has 0 saturated heterocycles. The number of amides is 1. The number of fused-ring (bicyclic) bond motifs is 1. The molecule has 0 radical (unpaired) electrons. The van der Waals surface area contributed by atoms with Crippen LogP contribution in [0.2, 0.25) is 0 Å². The van der Waals surface area contributed by atoms with Crippen molar-refractivity contribution in [2.24, 2.45) is 11.1 Å². The molecule has 0 aliphatic heterocycles. The maximum atomic E-state index is 12.6. The first-order chi connectivity index (χ1) is 10.8. The van der Waals surface area contributed by atoms with Crippen LogP contribution in [0.5, 0.6) is 0 Å². The predicted octanol–water partition coefficient (Wildman–Crippen LogP) is 3.04. The highest BCUT2D eigenvalue weighted by molar-refractivity contribution is 5.87. The molecule has 0 spiro atoms. The van der Waals surface area contributed by atoms with E-state index in [9.17, 15) is 4.79 Å². The Morgan fingerprint density at radius 3 is 2.83 bits per heavy atom. The third kappa shape index (κ3) is 2.76. The van der Waals surface area contributed by atoms with E-state index in [4.69, 9.17) is 5.73 Å². The van der Waals surface area contributed by atoms with E-state index in [1.165, 1.54) is 16.5 Å². The summed E-state index contributed by atoms with van der Waals surface area (Å²) in [5.41, 5.74) is 9.20. The highest BCUT2D eigenvalue weighted by atomic mass is 16.2. The Morgan fingerprint density at radius 2 is 2.13 bits per heavy atom. The molecule has 124 valence electrons. The van der Waals surface area contributed by atoms with Crippen LogP contribution in [-0.4, -0.2) is 23.0 Å². The van der Waals surface area contributed by atoms with Crippen molar-refractivity contribution in [2.45, 2.75) is 52.0 Å². The molecule has 3 rings (SSSR count). The molecule has 23 heavy (non-hydrogen) atoms. The number of nitrogens with two attached hydrogens (primary N) is 1. The topological polar surface area (TPSA) is 70.9 Å². The molecule has 0 bridgehead atoms. The normalized spacial score (nSPS) is 23.3. The van der Waals surface area contributed by atoms with Gasteiger partial charge in [0.1, 0.15) is 5.54 Å².